The van der Waals surface area contributed by atoms with E-state index in [2.05, 4.69) is 24.1 Å². The summed E-state index contributed by atoms with van der Waals surface area (Å²) in [7, 11) is 0. The molecule has 0 aliphatic carbocycles. The third kappa shape index (κ3) is 2.29. The number of nitrogens with one attached hydrogen (secondary N) is 1. The molecule has 0 aromatic carbocycles. The molecule has 2 heteroatoms. The predicted octanol–water partition coefficient (Wildman–Crippen LogP) is 1.86. The van der Waals surface area contributed by atoms with E-state index in [1.165, 1.54) is 45.3 Å². The molecule has 2 nitrogen and oxygen atoms in total. The summed E-state index contributed by atoms with van der Waals surface area (Å²) < 4.78 is 0. The van der Waals surface area contributed by atoms with Crippen molar-refractivity contribution in [2.45, 2.75) is 51.6 Å². The Kier molecular flexibility index (Phi) is 3.45. The van der Waals surface area contributed by atoms with Crippen LogP contribution in [0.3, 0.4) is 0 Å². The van der Waals surface area contributed by atoms with Crippen LogP contribution in [0.2, 0.25) is 0 Å². The standard InChI is InChI=1S/C12H24N2/c1-10-8-12(9-13-11(10)2)14-6-4-3-5-7-14/h10-13H,3-9H2,1-2H3. The van der Waals surface area contributed by atoms with Gasteiger partial charge in [0.15, 0.2) is 0 Å². The fourth-order valence-corrected chi connectivity index (χ4v) is 2.80. The van der Waals surface area contributed by atoms with E-state index in [0.29, 0.717) is 0 Å². The highest BCUT2D eigenvalue weighted by Crippen LogP contribution is 2.22. The normalized spacial score (nSPS) is 41.1. The van der Waals surface area contributed by atoms with Gasteiger partial charge in [-0.3, -0.25) is 4.90 Å². The molecule has 2 aliphatic rings. The van der Waals surface area contributed by atoms with Crippen LogP contribution in [0.5, 0.6) is 0 Å². The largest absolute Gasteiger partial charge is 0.312 e. The van der Waals surface area contributed by atoms with Gasteiger partial charge in [-0.05, 0) is 45.2 Å². The minimum absolute atomic E-state index is 0.719. The van der Waals surface area contributed by atoms with Crippen molar-refractivity contribution in [3.05, 3.63) is 0 Å². The van der Waals surface area contributed by atoms with Gasteiger partial charge < -0.3 is 5.32 Å². The van der Waals surface area contributed by atoms with Gasteiger partial charge in [-0.25, -0.2) is 0 Å². The first-order chi connectivity index (χ1) is 6.77. The van der Waals surface area contributed by atoms with Crippen molar-refractivity contribution < 1.29 is 0 Å². The Balaban J connectivity index is 1.85. The van der Waals surface area contributed by atoms with Crippen LogP contribution in [0, 0.1) is 5.92 Å². The fourth-order valence-electron chi connectivity index (χ4n) is 2.80. The molecule has 0 radical (unpaired) electrons. The molecule has 2 fully saturated rings. The molecule has 0 aromatic rings. The SMILES string of the molecule is CC1CC(N2CCCCC2)CNC1C. The van der Waals surface area contributed by atoms with E-state index in [1.54, 1.807) is 0 Å². The molecule has 3 atom stereocenters. The number of piperidine rings is 2. The maximum absolute atomic E-state index is 3.64. The number of likely N-dealkylation sites (tertiary alicyclic amines) is 1. The second-order valence-electron chi connectivity index (χ2n) is 5.16. The molecule has 0 amide bonds. The summed E-state index contributed by atoms with van der Waals surface area (Å²) >= 11 is 0. The molecule has 14 heavy (non-hydrogen) atoms. The van der Waals surface area contributed by atoms with Gasteiger partial charge in [-0.15, -0.1) is 0 Å². The van der Waals surface area contributed by atoms with Crippen LogP contribution in [0.25, 0.3) is 0 Å². The van der Waals surface area contributed by atoms with Crippen LogP contribution >= 0.6 is 0 Å². The number of hydrogen-bond donors (Lipinski definition) is 1. The lowest BCUT2D eigenvalue weighted by Gasteiger charge is -2.41. The summed E-state index contributed by atoms with van der Waals surface area (Å²) in [5.41, 5.74) is 0. The summed E-state index contributed by atoms with van der Waals surface area (Å²) in [5.74, 6) is 0.843. The van der Waals surface area contributed by atoms with Crippen molar-refractivity contribution in [1.29, 1.82) is 0 Å². The van der Waals surface area contributed by atoms with E-state index >= 15 is 0 Å². The molecule has 2 aliphatic heterocycles. The lowest BCUT2D eigenvalue weighted by Crippen LogP contribution is -2.53. The van der Waals surface area contributed by atoms with Crippen molar-refractivity contribution in [2.75, 3.05) is 19.6 Å². The van der Waals surface area contributed by atoms with Crippen LogP contribution in [-0.2, 0) is 0 Å². The van der Waals surface area contributed by atoms with Gasteiger partial charge in [0.25, 0.3) is 0 Å². The molecule has 0 bridgehead atoms. The zero-order chi connectivity index (χ0) is 9.97. The van der Waals surface area contributed by atoms with Crippen molar-refractivity contribution in [3.63, 3.8) is 0 Å². The molecule has 2 heterocycles. The van der Waals surface area contributed by atoms with E-state index < -0.39 is 0 Å². The van der Waals surface area contributed by atoms with Gasteiger partial charge in [-0.1, -0.05) is 13.3 Å². The Hall–Kier alpha value is -0.0800. The van der Waals surface area contributed by atoms with Crippen molar-refractivity contribution in [1.82, 2.24) is 10.2 Å². The van der Waals surface area contributed by atoms with E-state index in [-0.39, 0.29) is 0 Å². The Morgan fingerprint density at radius 1 is 1.07 bits per heavy atom. The highest BCUT2D eigenvalue weighted by Gasteiger charge is 2.28. The van der Waals surface area contributed by atoms with E-state index in [9.17, 15) is 0 Å². The molecular weight excluding hydrogens is 172 g/mol. The number of rotatable bonds is 1. The zero-order valence-electron chi connectivity index (χ0n) is 9.63. The lowest BCUT2D eigenvalue weighted by atomic mass is 9.89. The third-order valence-electron chi connectivity index (χ3n) is 4.08. The van der Waals surface area contributed by atoms with E-state index in [1.807, 2.05) is 0 Å². The lowest BCUT2D eigenvalue weighted by molar-refractivity contribution is 0.108. The second kappa shape index (κ2) is 4.63. The average Bonchev–Trinajstić information content (AvgIpc) is 2.23. The molecule has 2 rings (SSSR count). The molecule has 0 aromatic heterocycles. The maximum Gasteiger partial charge on any atom is 0.0223 e. The molecule has 0 spiro atoms. The van der Waals surface area contributed by atoms with E-state index in [0.717, 1.165) is 18.0 Å². The zero-order valence-corrected chi connectivity index (χ0v) is 9.63. The molecule has 0 saturated carbocycles. The monoisotopic (exact) mass is 196 g/mol. The van der Waals surface area contributed by atoms with Gasteiger partial charge in [0.05, 0.1) is 0 Å². The summed E-state index contributed by atoms with van der Waals surface area (Å²) in [6.07, 6.45) is 5.68. The quantitative estimate of drug-likeness (QED) is 0.688. The highest BCUT2D eigenvalue weighted by molar-refractivity contribution is 4.86. The summed E-state index contributed by atoms with van der Waals surface area (Å²) in [6, 6.07) is 1.54. The first kappa shape index (κ1) is 10.4. The van der Waals surface area contributed by atoms with Crippen LogP contribution in [-0.4, -0.2) is 36.6 Å². The van der Waals surface area contributed by atoms with E-state index in [4.69, 9.17) is 0 Å². The molecule has 2 saturated heterocycles. The summed E-state index contributed by atoms with van der Waals surface area (Å²) in [5, 5.41) is 3.64. The topological polar surface area (TPSA) is 15.3 Å². The second-order valence-corrected chi connectivity index (χ2v) is 5.16. The number of hydrogen-bond acceptors (Lipinski definition) is 2. The summed E-state index contributed by atoms with van der Waals surface area (Å²) in [6.45, 7) is 8.59. The van der Waals surface area contributed by atoms with Crippen molar-refractivity contribution in [3.8, 4) is 0 Å². The fraction of sp³-hybridized carbons (Fsp3) is 1.00. The smallest absolute Gasteiger partial charge is 0.0223 e. The van der Waals surface area contributed by atoms with Gasteiger partial charge >= 0.3 is 0 Å². The van der Waals surface area contributed by atoms with Crippen molar-refractivity contribution >= 4 is 0 Å². The number of nitrogens with zero attached hydrogens (tertiary/aromatic N) is 1. The highest BCUT2D eigenvalue weighted by atomic mass is 15.2. The Morgan fingerprint density at radius 2 is 1.79 bits per heavy atom. The third-order valence-corrected chi connectivity index (χ3v) is 4.08. The first-order valence-corrected chi connectivity index (χ1v) is 6.25. The Bertz CT molecular complexity index is 175. The molecule has 1 N–H and O–H groups in total. The molecule has 82 valence electrons. The summed E-state index contributed by atoms with van der Waals surface area (Å²) in [4.78, 5) is 2.71. The first-order valence-electron chi connectivity index (χ1n) is 6.25. The van der Waals surface area contributed by atoms with Crippen LogP contribution < -0.4 is 5.32 Å². The maximum atomic E-state index is 3.64. The van der Waals surface area contributed by atoms with Crippen LogP contribution in [0.1, 0.15) is 39.5 Å². The minimum Gasteiger partial charge on any atom is -0.312 e. The minimum atomic E-state index is 0.719. The van der Waals surface area contributed by atoms with Gasteiger partial charge in [-0.2, -0.15) is 0 Å². The van der Waals surface area contributed by atoms with Gasteiger partial charge in [0, 0.05) is 18.6 Å². The predicted molar refractivity (Wildman–Crippen MR) is 60.5 cm³/mol. The van der Waals surface area contributed by atoms with Crippen LogP contribution in [0.15, 0.2) is 0 Å². The average molecular weight is 196 g/mol. The Morgan fingerprint density at radius 3 is 2.43 bits per heavy atom. The van der Waals surface area contributed by atoms with Crippen molar-refractivity contribution in [2.24, 2.45) is 5.92 Å². The Labute approximate surface area is 88.1 Å². The molecule has 3 unspecified atom stereocenters. The molecular formula is C12H24N2. The van der Waals surface area contributed by atoms with Gasteiger partial charge in [0.2, 0.25) is 0 Å². The van der Waals surface area contributed by atoms with Gasteiger partial charge in [0.1, 0.15) is 0 Å². The van der Waals surface area contributed by atoms with Crippen LogP contribution in [0.4, 0.5) is 0 Å².